The van der Waals surface area contributed by atoms with Gasteiger partial charge in [-0.15, -0.1) is 0 Å². The average molecular weight is 446 g/mol. The lowest BCUT2D eigenvalue weighted by atomic mass is 10.1. The van der Waals surface area contributed by atoms with Gasteiger partial charge in [0.2, 0.25) is 5.91 Å². The van der Waals surface area contributed by atoms with E-state index in [-0.39, 0.29) is 43.2 Å². The van der Waals surface area contributed by atoms with Crippen LogP contribution in [-0.2, 0) is 4.79 Å². The molecule has 0 radical (unpaired) electrons. The minimum Gasteiger partial charge on any atom is -0.340 e. The Balaban J connectivity index is 2.00. The van der Waals surface area contributed by atoms with Crippen LogP contribution in [0.3, 0.4) is 0 Å². The maximum Gasteiger partial charge on any atom is 0.266 e. The summed E-state index contributed by atoms with van der Waals surface area (Å²) >= 11 is 1.18. The second-order valence-electron chi connectivity index (χ2n) is 7.33. The number of amides is 1. The third-order valence-electron chi connectivity index (χ3n) is 5.00. The van der Waals surface area contributed by atoms with Crippen LogP contribution in [0.1, 0.15) is 24.0 Å². The average Bonchev–Trinajstić information content (AvgIpc) is 2.78. The highest BCUT2D eigenvalue weighted by Crippen LogP contribution is 2.24. The van der Waals surface area contributed by atoms with Gasteiger partial charge < -0.3 is 4.90 Å². The van der Waals surface area contributed by atoms with Gasteiger partial charge in [0.15, 0.2) is 5.16 Å². The Bertz CT molecular complexity index is 1270. The third-order valence-corrected chi connectivity index (χ3v) is 5.93. The number of rotatable bonds is 8. The van der Waals surface area contributed by atoms with Crippen molar-refractivity contribution in [1.82, 2.24) is 14.5 Å². The number of nitrogens with zero attached hydrogens (tertiary/aromatic N) is 5. The summed E-state index contributed by atoms with van der Waals surface area (Å²) in [5.74, 6) is -0.151. The SMILES string of the molecule is Cc1ccc(-n2c(SCC(=O)N(CCC#N)CCC#N)nc3ccccc3c2=O)c(C)c1. The third kappa shape index (κ3) is 5.16. The summed E-state index contributed by atoms with van der Waals surface area (Å²) in [6, 6.07) is 17.0. The highest BCUT2D eigenvalue weighted by atomic mass is 32.2. The first-order valence-corrected chi connectivity index (χ1v) is 11.2. The van der Waals surface area contributed by atoms with Crippen LogP contribution in [0.25, 0.3) is 16.6 Å². The van der Waals surface area contributed by atoms with Crippen molar-refractivity contribution in [3.05, 3.63) is 63.9 Å². The van der Waals surface area contributed by atoms with E-state index in [1.54, 1.807) is 22.8 Å². The van der Waals surface area contributed by atoms with Crippen molar-refractivity contribution in [2.24, 2.45) is 0 Å². The van der Waals surface area contributed by atoms with Crippen LogP contribution in [-0.4, -0.2) is 39.2 Å². The molecule has 0 spiro atoms. The van der Waals surface area contributed by atoms with Gasteiger partial charge in [0.1, 0.15) is 0 Å². The van der Waals surface area contributed by atoms with E-state index in [9.17, 15) is 9.59 Å². The maximum atomic E-state index is 13.4. The van der Waals surface area contributed by atoms with E-state index < -0.39 is 0 Å². The Hall–Kier alpha value is -3.62. The summed E-state index contributed by atoms with van der Waals surface area (Å²) in [5.41, 5.74) is 3.12. The summed E-state index contributed by atoms with van der Waals surface area (Å²) in [7, 11) is 0. The van der Waals surface area contributed by atoms with Crippen LogP contribution < -0.4 is 5.56 Å². The molecule has 0 saturated heterocycles. The molecule has 8 heteroatoms. The topological polar surface area (TPSA) is 103 Å². The molecule has 32 heavy (non-hydrogen) atoms. The Morgan fingerprint density at radius 3 is 2.44 bits per heavy atom. The summed E-state index contributed by atoms with van der Waals surface area (Å²) in [5, 5.41) is 18.7. The van der Waals surface area contributed by atoms with Crippen molar-refractivity contribution in [3.8, 4) is 17.8 Å². The smallest absolute Gasteiger partial charge is 0.266 e. The molecule has 0 atom stereocenters. The number of aryl methyl sites for hydroxylation is 2. The van der Waals surface area contributed by atoms with E-state index in [1.165, 1.54) is 16.7 Å². The summed E-state index contributed by atoms with van der Waals surface area (Å²) in [4.78, 5) is 32.4. The standard InChI is InChI=1S/C24H23N5O2S/c1-17-9-10-21(18(2)15-17)29-23(31)19-7-3-4-8-20(19)27-24(29)32-16-22(30)28(13-5-11-25)14-6-12-26/h3-4,7-10,15H,5-6,13-14,16H2,1-2H3. The summed E-state index contributed by atoms with van der Waals surface area (Å²) < 4.78 is 1.56. The van der Waals surface area contributed by atoms with Gasteiger partial charge in [0.05, 0.1) is 47.3 Å². The van der Waals surface area contributed by atoms with Gasteiger partial charge in [-0.3, -0.25) is 14.2 Å². The van der Waals surface area contributed by atoms with Gasteiger partial charge in [-0.05, 0) is 37.6 Å². The van der Waals surface area contributed by atoms with E-state index in [2.05, 4.69) is 4.98 Å². The molecule has 162 valence electrons. The van der Waals surface area contributed by atoms with Crippen LogP contribution in [0.15, 0.2) is 52.4 Å². The number of para-hydroxylation sites is 1. The van der Waals surface area contributed by atoms with Crippen LogP contribution in [0, 0.1) is 36.5 Å². The van der Waals surface area contributed by atoms with Crippen molar-refractivity contribution >= 4 is 28.6 Å². The van der Waals surface area contributed by atoms with Crippen molar-refractivity contribution in [2.75, 3.05) is 18.8 Å². The Morgan fingerprint density at radius 1 is 1.09 bits per heavy atom. The van der Waals surface area contributed by atoms with Crippen molar-refractivity contribution in [2.45, 2.75) is 31.8 Å². The number of thioether (sulfide) groups is 1. The first-order valence-electron chi connectivity index (χ1n) is 10.2. The highest BCUT2D eigenvalue weighted by Gasteiger charge is 2.18. The molecule has 0 fully saturated rings. The van der Waals surface area contributed by atoms with Gasteiger partial charge in [-0.2, -0.15) is 10.5 Å². The summed E-state index contributed by atoms with van der Waals surface area (Å²) in [6.07, 6.45) is 0.395. The molecular weight excluding hydrogens is 422 g/mol. The lowest BCUT2D eigenvalue weighted by Crippen LogP contribution is -2.34. The lowest BCUT2D eigenvalue weighted by Gasteiger charge is -2.21. The zero-order valence-corrected chi connectivity index (χ0v) is 18.9. The fraction of sp³-hybridized carbons (Fsp3) is 0.292. The molecule has 7 nitrogen and oxygen atoms in total. The van der Waals surface area contributed by atoms with E-state index in [0.717, 1.165) is 16.8 Å². The number of aromatic nitrogens is 2. The predicted molar refractivity (Wildman–Crippen MR) is 125 cm³/mol. The fourth-order valence-electron chi connectivity index (χ4n) is 3.43. The quantitative estimate of drug-likeness (QED) is 0.386. The normalized spacial score (nSPS) is 10.5. The molecule has 0 bridgehead atoms. The molecule has 2 aromatic carbocycles. The molecule has 1 heterocycles. The number of hydrogen-bond donors (Lipinski definition) is 0. The Labute approximate surface area is 190 Å². The molecule has 0 aliphatic rings. The van der Waals surface area contributed by atoms with Crippen LogP contribution >= 0.6 is 11.8 Å². The monoisotopic (exact) mass is 445 g/mol. The number of benzene rings is 2. The molecule has 3 rings (SSSR count). The van der Waals surface area contributed by atoms with Crippen molar-refractivity contribution in [1.29, 1.82) is 10.5 Å². The van der Waals surface area contributed by atoms with E-state index >= 15 is 0 Å². The van der Waals surface area contributed by atoms with Gasteiger partial charge >= 0.3 is 0 Å². The van der Waals surface area contributed by atoms with Crippen LogP contribution in [0.2, 0.25) is 0 Å². The highest BCUT2D eigenvalue weighted by molar-refractivity contribution is 7.99. The second-order valence-corrected chi connectivity index (χ2v) is 8.27. The molecule has 1 aromatic heterocycles. The van der Waals surface area contributed by atoms with Crippen molar-refractivity contribution < 1.29 is 4.79 Å². The minimum absolute atomic E-state index is 0.0482. The first-order chi connectivity index (χ1) is 15.5. The minimum atomic E-state index is -0.199. The van der Waals surface area contributed by atoms with Crippen LogP contribution in [0.4, 0.5) is 0 Å². The lowest BCUT2D eigenvalue weighted by molar-refractivity contribution is -0.128. The molecule has 0 saturated carbocycles. The number of carbonyl (C=O) groups excluding carboxylic acids is 1. The molecule has 0 unspecified atom stereocenters. The molecule has 0 aliphatic carbocycles. The fourth-order valence-corrected chi connectivity index (χ4v) is 4.33. The Kier molecular flexibility index (Phi) is 7.64. The number of fused-ring (bicyclic) bond motifs is 1. The second kappa shape index (κ2) is 10.6. The zero-order chi connectivity index (χ0) is 23.1. The predicted octanol–water partition coefficient (Wildman–Crippen LogP) is 3.75. The van der Waals surface area contributed by atoms with Gasteiger partial charge in [-0.1, -0.05) is 41.6 Å². The number of carbonyl (C=O) groups is 1. The summed E-state index contributed by atoms with van der Waals surface area (Å²) in [6.45, 7) is 4.47. The first kappa shape index (κ1) is 23.1. The van der Waals surface area contributed by atoms with Crippen LogP contribution in [0.5, 0.6) is 0 Å². The maximum absolute atomic E-state index is 13.4. The Morgan fingerprint density at radius 2 is 1.78 bits per heavy atom. The van der Waals surface area contributed by atoms with Gasteiger partial charge in [0.25, 0.3) is 5.56 Å². The molecule has 3 aromatic rings. The van der Waals surface area contributed by atoms with E-state index in [0.29, 0.717) is 16.1 Å². The van der Waals surface area contributed by atoms with Gasteiger partial charge in [-0.25, -0.2) is 4.98 Å². The van der Waals surface area contributed by atoms with E-state index in [4.69, 9.17) is 10.5 Å². The van der Waals surface area contributed by atoms with E-state index in [1.807, 2.05) is 50.3 Å². The molecule has 0 aliphatic heterocycles. The number of nitriles is 2. The largest absolute Gasteiger partial charge is 0.340 e. The number of hydrogen-bond acceptors (Lipinski definition) is 6. The van der Waals surface area contributed by atoms with Crippen molar-refractivity contribution in [3.63, 3.8) is 0 Å². The molecule has 0 N–H and O–H groups in total. The zero-order valence-electron chi connectivity index (χ0n) is 18.0. The molecular formula is C24H23N5O2S. The molecule has 1 amide bonds. The van der Waals surface area contributed by atoms with Gasteiger partial charge in [0, 0.05) is 13.1 Å².